The first-order valence-electron chi connectivity index (χ1n) is 12.2. The Bertz CT molecular complexity index is 1180. The average molecular weight is 560 g/mol. The average Bonchev–Trinajstić information content (AvgIpc) is 3.12. The standard InChI is InChI=1S/C26H27F6N3O4/c1-16(17-11-19(25(27,28)29)13-20(12-17)26(30,31)32)39-15-24(18-5-3-2-4-6-18)8-7-23(14-33-24)21(37)35(9-10-36)22(38)34-23/h2-6,11-13,16,33,36H,7-10,14-15H2,1H3,(H,34,38). The van der Waals surface area contributed by atoms with E-state index in [4.69, 9.17) is 4.74 Å². The molecule has 0 aliphatic carbocycles. The van der Waals surface area contributed by atoms with Gasteiger partial charge >= 0.3 is 18.4 Å². The largest absolute Gasteiger partial charge is 0.416 e. The number of imide groups is 1. The van der Waals surface area contributed by atoms with Crippen LogP contribution in [0.3, 0.4) is 0 Å². The highest BCUT2D eigenvalue weighted by Gasteiger charge is 2.55. The van der Waals surface area contributed by atoms with E-state index in [1.54, 1.807) is 30.3 Å². The predicted molar refractivity (Wildman–Crippen MR) is 126 cm³/mol. The fraction of sp³-hybridized carbons (Fsp3) is 0.462. The number of hydrogen-bond acceptors (Lipinski definition) is 5. The van der Waals surface area contributed by atoms with E-state index in [0.29, 0.717) is 12.1 Å². The van der Waals surface area contributed by atoms with Gasteiger partial charge in [0.1, 0.15) is 5.54 Å². The molecule has 4 rings (SSSR count). The van der Waals surface area contributed by atoms with Gasteiger partial charge in [0.15, 0.2) is 0 Å². The van der Waals surface area contributed by atoms with Crippen molar-refractivity contribution in [2.24, 2.45) is 0 Å². The molecule has 3 amide bonds. The number of urea groups is 1. The summed E-state index contributed by atoms with van der Waals surface area (Å²) >= 11 is 0. The zero-order chi connectivity index (χ0) is 28.6. The van der Waals surface area contributed by atoms with Crippen molar-refractivity contribution < 1.29 is 45.8 Å². The molecule has 212 valence electrons. The number of nitrogens with one attached hydrogen (secondary N) is 2. The number of carbonyl (C=O) groups excluding carboxylic acids is 2. The maximum atomic E-state index is 13.3. The maximum Gasteiger partial charge on any atom is 0.416 e. The molecule has 2 saturated heterocycles. The van der Waals surface area contributed by atoms with Crippen molar-refractivity contribution in [2.45, 2.75) is 49.3 Å². The van der Waals surface area contributed by atoms with Crippen LogP contribution in [0.25, 0.3) is 0 Å². The Morgan fingerprint density at radius 1 is 1.00 bits per heavy atom. The van der Waals surface area contributed by atoms with Crippen LogP contribution in [0.1, 0.15) is 48.1 Å². The third-order valence-electron chi connectivity index (χ3n) is 7.26. The molecular formula is C26H27F6N3O4. The Morgan fingerprint density at radius 2 is 1.62 bits per heavy atom. The Hall–Kier alpha value is -3.16. The summed E-state index contributed by atoms with van der Waals surface area (Å²) in [5.74, 6) is -0.492. The van der Waals surface area contributed by atoms with Crippen LogP contribution in [-0.2, 0) is 27.4 Å². The van der Waals surface area contributed by atoms with Crippen LogP contribution in [0.5, 0.6) is 0 Å². The van der Waals surface area contributed by atoms with Gasteiger partial charge < -0.3 is 20.5 Å². The molecule has 13 heteroatoms. The minimum absolute atomic E-state index is 0.00603. The van der Waals surface area contributed by atoms with Crippen LogP contribution in [0.15, 0.2) is 48.5 Å². The number of β-amino-alcohol motifs (C(OH)–C–C–N with tert-alkyl or cyclic N) is 1. The summed E-state index contributed by atoms with van der Waals surface area (Å²) in [4.78, 5) is 26.2. The molecule has 39 heavy (non-hydrogen) atoms. The van der Waals surface area contributed by atoms with Gasteiger partial charge in [-0.05, 0) is 49.1 Å². The van der Waals surface area contributed by atoms with Gasteiger partial charge in [-0.1, -0.05) is 30.3 Å². The third kappa shape index (κ3) is 5.75. The Morgan fingerprint density at radius 3 is 2.13 bits per heavy atom. The Kier molecular flexibility index (Phi) is 7.71. The van der Waals surface area contributed by atoms with E-state index in [1.165, 1.54) is 6.92 Å². The van der Waals surface area contributed by atoms with Gasteiger partial charge in [-0.2, -0.15) is 26.3 Å². The number of alkyl halides is 6. The van der Waals surface area contributed by atoms with Crippen molar-refractivity contribution >= 4 is 11.9 Å². The highest BCUT2D eigenvalue weighted by Crippen LogP contribution is 2.40. The number of halogens is 6. The van der Waals surface area contributed by atoms with Crippen molar-refractivity contribution in [3.63, 3.8) is 0 Å². The van der Waals surface area contributed by atoms with Crippen molar-refractivity contribution in [2.75, 3.05) is 26.3 Å². The lowest BCUT2D eigenvalue weighted by molar-refractivity contribution is -0.143. The molecule has 3 unspecified atom stereocenters. The molecular weight excluding hydrogens is 532 g/mol. The number of hydrogen-bond donors (Lipinski definition) is 3. The minimum atomic E-state index is -4.98. The quantitative estimate of drug-likeness (QED) is 0.347. The van der Waals surface area contributed by atoms with E-state index < -0.39 is 59.2 Å². The number of piperidine rings is 1. The molecule has 3 atom stereocenters. The number of amides is 3. The lowest BCUT2D eigenvalue weighted by Crippen LogP contribution is -2.64. The van der Waals surface area contributed by atoms with Gasteiger partial charge in [-0.3, -0.25) is 9.69 Å². The molecule has 2 aromatic rings. The van der Waals surface area contributed by atoms with Crippen molar-refractivity contribution in [3.8, 4) is 0 Å². The summed E-state index contributed by atoms with van der Waals surface area (Å²) in [7, 11) is 0. The van der Waals surface area contributed by atoms with E-state index in [0.717, 1.165) is 10.5 Å². The molecule has 2 heterocycles. The summed E-state index contributed by atoms with van der Waals surface area (Å²) in [6, 6.07) is 9.60. The second kappa shape index (κ2) is 10.4. The van der Waals surface area contributed by atoms with E-state index >= 15 is 0 Å². The summed E-state index contributed by atoms with van der Waals surface area (Å²) in [5.41, 5.74) is -4.62. The van der Waals surface area contributed by atoms with Gasteiger partial charge in [0.2, 0.25) is 0 Å². The maximum absolute atomic E-state index is 13.3. The van der Waals surface area contributed by atoms with Crippen molar-refractivity contribution in [1.82, 2.24) is 15.5 Å². The number of benzene rings is 2. The fourth-order valence-electron chi connectivity index (χ4n) is 4.98. The topological polar surface area (TPSA) is 90.9 Å². The highest BCUT2D eigenvalue weighted by molar-refractivity contribution is 6.07. The lowest BCUT2D eigenvalue weighted by atomic mass is 9.76. The van der Waals surface area contributed by atoms with Gasteiger partial charge in [-0.25, -0.2) is 4.79 Å². The monoisotopic (exact) mass is 559 g/mol. The third-order valence-corrected chi connectivity index (χ3v) is 7.26. The first-order valence-corrected chi connectivity index (χ1v) is 12.2. The SMILES string of the molecule is CC(OCC1(c2ccccc2)CCC2(CN1)NC(=O)N(CCO)C2=O)c1cc(C(F)(F)F)cc(C(F)(F)F)c1. The second-order valence-electron chi connectivity index (χ2n) is 9.79. The molecule has 0 saturated carbocycles. The first kappa shape index (κ1) is 28.8. The summed E-state index contributed by atoms with van der Waals surface area (Å²) in [6.07, 6.45) is -10.7. The highest BCUT2D eigenvalue weighted by atomic mass is 19.4. The molecule has 0 bridgehead atoms. The Balaban J connectivity index is 1.58. The van der Waals surface area contributed by atoms with E-state index in [-0.39, 0.29) is 44.2 Å². The molecule has 0 radical (unpaired) electrons. The smallest absolute Gasteiger partial charge is 0.395 e. The van der Waals surface area contributed by atoms with Crippen molar-refractivity contribution in [3.05, 3.63) is 70.8 Å². The molecule has 2 aliphatic rings. The van der Waals surface area contributed by atoms with Crippen LogP contribution in [0.2, 0.25) is 0 Å². The number of nitrogens with zero attached hydrogens (tertiary/aromatic N) is 1. The number of aliphatic hydroxyl groups is 1. The molecule has 2 fully saturated rings. The second-order valence-corrected chi connectivity index (χ2v) is 9.79. The van der Waals surface area contributed by atoms with E-state index in [1.807, 2.05) is 0 Å². The first-order chi connectivity index (χ1) is 18.2. The van der Waals surface area contributed by atoms with Crippen LogP contribution in [0, 0.1) is 0 Å². The molecule has 0 aromatic heterocycles. The molecule has 1 spiro atoms. The molecule has 2 aliphatic heterocycles. The zero-order valence-corrected chi connectivity index (χ0v) is 20.8. The van der Waals surface area contributed by atoms with Crippen molar-refractivity contribution in [1.29, 1.82) is 0 Å². The zero-order valence-electron chi connectivity index (χ0n) is 20.8. The number of aliphatic hydroxyl groups excluding tert-OH is 1. The number of carbonyl (C=O) groups is 2. The normalized spacial score (nSPS) is 24.8. The summed E-state index contributed by atoms with van der Waals surface area (Å²) < 4.78 is 86.0. The van der Waals surface area contributed by atoms with Gasteiger partial charge in [0.25, 0.3) is 5.91 Å². The van der Waals surface area contributed by atoms with Crippen LogP contribution in [0.4, 0.5) is 31.1 Å². The predicted octanol–water partition coefficient (Wildman–Crippen LogP) is 4.36. The van der Waals surface area contributed by atoms with Gasteiger partial charge in [-0.15, -0.1) is 0 Å². The van der Waals surface area contributed by atoms with Crippen LogP contribution >= 0.6 is 0 Å². The van der Waals surface area contributed by atoms with Crippen LogP contribution < -0.4 is 10.6 Å². The number of ether oxygens (including phenoxy) is 1. The molecule has 3 N–H and O–H groups in total. The van der Waals surface area contributed by atoms with Gasteiger partial charge in [0.05, 0.1) is 42.5 Å². The van der Waals surface area contributed by atoms with Crippen LogP contribution in [-0.4, -0.2) is 53.8 Å². The Labute approximate surface area is 220 Å². The fourth-order valence-corrected chi connectivity index (χ4v) is 4.98. The minimum Gasteiger partial charge on any atom is -0.395 e. The molecule has 2 aromatic carbocycles. The summed E-state index contributed by atoms with van der Waals surface area (Å²) in [6.45, 7) is 0.663. The van der Waals surface area contributed by atoms with Gasteiger partial charge in [0, 0.05) is 6.54 Å². The van der Waals surface area contributed by atoms with E-state index in [2.05, 4.69) is 10.6 Å². The van der Waals surface area contributed by atoms with E-state index in [9.17, 15) is 41.0 Å². The lowest BCUT2D eigenvalue weighted by Gasteiger charge is -2.45. The molecule has 7 nitrogen and oxygen atoms in total. The summed E-state index contributed by atoms with van der Waals surface area (Å²) in [5, 5.41) is 15.1. The number of rotatable bonds is 7.